The van der Waals surface area contributed by atoms with E-state index in [9.17, 15) is 4.79 Å². The van der Waals surface area contributed by atoms with Crippen molar-refractivity contribution in [2.75, 3.05) is 0 Å². The fourth-order valence-corrected chi connectivity index (χ4v) is 1.85. The van der Waals surface area contributed by atoms with Gasteiger partial charge in [-0.2, -0.15) is 5.10 Å². The Morgan fingerprint density at radius 1 is 1.50 bits per heavy atom. The van der Waals surface area contributed by atoms with E-state index in [0.29, 0.717) is 11.4 Å². The summed E-state index contributed by atoms with van der Waals surface area (Å²) >= 11 is 0. The Morgan fingerprint density at radius 2 is 2.25 bits per heavy atom. The topological polar surface area (TPSA) is 67.5 Å². The first-order valence-corrected chi connectivity index (χ1v) is 5.26. The van der Waals surface area contributed by atoms with E-state index in [1.54, 1.807) is 16.6 Å². The van der Waals surface area contributed by atoms with Crippen molar-refractivity contribution in [3.05, 3.63) is 29.3 Å². The molecule has 0 saturated heterocycles. The highest BCUT2D eigenvalue weighted by atomic mass is 16.4. The lowest BCUT2D eigenvalue weighted by Crippen LogP contribution is -1.99. The smallest absolute Gasteiger partial charge is 0.356 e. The summed E-state index contributed by atoms with van der Waals surface area (Å²) in [5, 5.41) is 13.4. The zero-order valence-corrected chi connectivity index (χ0v) is 8.84. The van der Waals surface area contributed by atoms with E-state index in [4.69, 9.17) is 5.11 Å². The second-order valence-corrected chi connectivity index (χ2v) is 4.17. The predicted octanol–water partition coefficient (Wildman–Crippen LogP) is 1.61. The minimum absolute atomic E-state index is 0.106. The van der Waals surface area contributed by atoms with Crippen LogP contribution in [0.1, 0.15) is 40.8 Å². The van der Waals surface area contributed by atoms with Crippen LogP contribution < -0.4 is 0 Å². The number of aromatic nitrogens is 3. The summed E-state index contributed by atoms with van der Waals surface area (Å²) in [6.07, 6.45) is 2.15. The second kappa shape index (κ2) is 3.04. The predicted molar refractivity (Wildman–Crippen MR) is 56.7 cm³/mol. The molecule has 0 unspecified atom stereocenters. The fourth-order valence-electron chi connectivity index (χ4n) is 1.85. The Balaban J connectivity index is 2.32. The van der Waals surface area contributed by atoms with Crippen LogP contribution in [0.2, 0.25) is 0 Å². The van der Waals surface area contributed by atoms with Crippen molar-refractivity contribution in [3.8, 4) is 0 Å². The van der Waals surface area contributed by atoms with E-state index in [1.165, 1.54) is 0 Å². The van der Waals surface area contributed by atoms with Gasteiger partial charge in [0.1, 0.15) is 5.82 Å². The largest absolute Gasteiger partial charge is 0.476 e. The summed E-state index contributed by atoms with van der Waals surface area (Å²) in [4.78, 5) is 15.2. The third kappa shape index (κ3) is 1.28. The van der Waals surface area contributed by atoms with Crippen molar-refractivity contribution in [3.63, 3.8) is 0 Å². The molecule has 5 nitrogen and oxygen atoms in total. The average Bonchev–Trinajstić information content (AvgIpc) is 3.00. The lowest BCUT2D eigenvalue weighted by atomic mass is 10.3. The number of aromatic carboxylic acids is 1. The molecule has 1 aliphatic carbocycles. The molecule has 0 amide bonds. The van der Waals surface area contributed by atoms with Crippen LogP contribution in [0, 0.1) is 6.92 Å². The molecule has 0 aliphatic heterocycles. The molecule has 2 aromatic heterocycles. The Morgan fingerprint density at radius 3 is 2.88 bits per heavy atom. The van der Waals surface area contributed by atoms with Crippen LogP contribution in [0.4, 0.5) is 0 Å². The SMILES string of the molecule is Cc1ccc2c(C(=O)O)nc(C3CC3)n2n1. The number of hydrogen-bond acceptors (Lipinski definition) is 3. The summed E-state index contributed by atoms with van der Waals surface area (Å²) in [5.41, 5.74) is 1.55. The van der Waals surface area contributed by atoms with Gasteiger partial charge in [0.25, 0.3) is 0 Å². The highest BCUT2D eigenvalue weighted by Gasteiger charge is 2.31. The van der Waals surface area contributed by atoms with Crippen LogP contribution in [0.25, 0.3) is 5.52 Å². The number of fused-ring (bicyclic) bond motifs is 1. The summed E-state index contributed by atoms with van der Waals surface area (Å²) in [6, 6.07) is 3.57. The van der Waals surface area contributed by atoms with Crippen molar-refractivity contribution in [2.45, 2.75) is 25.7 Å². The summed E-state index contributed by atoms with van der Waals surface area (Å²) in [5.74, 6) is 0.182. The van der Waals surface area contributed by atoms with Crippen molar-refractivity contribution >= 4 is 11.5 Å². The van der Waals surface area contributed by atoms with Crippen molar-refractivity contribution in [1.82, 2.24) is 14.6 Å². The number of imidazole rings is 1. The monoisotopic (exact) mass is 217 g/mol. The third-order valence-corrected chi connectivity index (χ3v) is 2.80. The molecular weight excluding hydrogens is 206 g/mol. The molecule has 82 valence electrons. The maximum atomic E-state index is 11.1. The van der Waals surface area contributed by atoms with Gasteiger partial charge in [-0.15, -0.1) is 0 Å². The average molecular weight is 217 g/mol. The Bertz CT molecular complexity index is 584. The number of aryl methyl sites for hydroxylation is 1. The molecule has 0 radical (unpaired) electrons. The minimum Gasteiger partial charge on any atom is -0.476 e. The summed E-state index contributed by atoms with van der Waals surface area (Å²) in [6.45, 7) is 1.89. The van der Waals surface area contributed by atoms with E-state index >= 15 is 0 Å². The van der Waals surface area contributed by atoms with Gasteiger partial charge < -0.3 is 5.11 Å². The van der Waals surface area contributed by atoms with Gasteiger partial charge in [0.05, 0.1) is 11.2 Å². The van der Waals surface area contributed by atoms with Gasteiger partial charge in [-0.05, 0) is 31.9 Å². The van der Waals surface area contributed by atoms with Gasteiger partial charge in [0.2, 0.25) is 0 Å². The molecule has 0 bridgehead atoms. The molecule has 16 heavy (non-hydrogen) atoms. The van der Waals surface area contributed by atoms with Gasteiger partial charge in [-0.3, -0.25) is 0 Å². The van der Waals surface area contributed by atoms with E-state index < -0.39 is 5.97 Å². The Hall–Kier alpha value is -1.91. The van der Waals surface area contributed by atoms with Crippen LogP contribution in [0.15, 0.2) is 12.1 Å². The van der Waals surface area contributed by atoms with Gasteiger partial charge in [-0.25, -0.2) is 14.3 Å². The number of nitrogens with zero attached hydrogens (tertiary/aromatic N) is 3. The molecule has 2 heterocycles. The molecule has 3 rings (SSSR count). The van der Waals surface area contributed by atoms with Crippen molar-refractivity contribution in [1.29, 1.82) is 0 Å². The van der Waals surface area contributed by atoms with Gasteiger partial charge in [-0.1, -0.05) is 0 Å². The van der Waals surface area contributed by atoms with Crippen LogP contribution in [-0.4, -0.2) is 25.7 Å². The summed E-state index contributed by atoms with van der Waals surface area (Å²) < 4.78 is 1.68. The van der Waals surface area contributed by atoms with Gasteiger partial charge >= 0.3 is 5.97 Å². The normalized spacial score (nSPS) is 15.6. The van der Waals surface area contributed by atoms with Crippen LogP contribution in [0.5, 0.6) is 0 Å². The number of hydrogen-bond donors (Lipinski definition) is 1. The maximum Gasteiger partial charge on any atom is 0.356 e. The minimum atomic E-state index is -0.991. The Labute approximate surface area is 91.7 Å². The molecule has 2 aromatic rings. The number of carbonyl (C=O) groups is 1. The molecule has 1 aliphatic rings. The number of carboxylic acids is 1. The quantitative estimate of drug-likeness (QED) is 0.829. The van der Waals surface area contributed by atoms with Gasteiger partial charge in [0.15, 0.2) is 5.69 Å². The first-order valence-electron chi connectivity index (χ1n) is 5.26. The number of carboxylic acid groups (broad SMARTS) is 1. The van der Waals surface area contributed by atoms with Crippen molar-refractivity contribution < 1.29 is 9.90 Å². The van der Waals surface area contributed by atoms with E-state index in [2.05, 4.69) is 10.1 Å². The fraction of sp³-hybridized carbons (Fsp3) is 0.364. The highest BCUT2D eigenvalue weighted by Crippen LogP contribution is 2.39. The lowest BCUT2D eigenvalue weighted by Gasteiger charge is -1.98. The molecule has 0 aromatic carbocycles. The lowest BCUT2D eigenvalue weighted by molar-refractivity contribution is 0.0693. The standard InChI is InChI=1S/C11H11N3O2/c1-6-2-5-8-9(11(15)16)12-10(7-3-4-7)14(8)13-6/h2,5,7H,3-4H2,1H3,(H,15,16). The zero-order chi connectivity index (χ0) is 11.3. The van der Waals surface area contributed by atoms with Crippen molar-refractivity contribution in [2.24, 2.45) is 0 Å². The molecule has 1 saturated carbocycles. The molecule has 0 spiro atoms. The Kier molecular flexibility index (Phi) is 1.77. The maximum absolute atomic E-state index is 11.1. The molecular formula is C11H11N3O2. The summed E-state index contributed by atoms with van der Waals surface area (Å²) in [7, 11) is 0. The molecule has 5 heteroatoms. The second-order valence-electron chi connectivity index (χ2n) is 4.17. The number of rotatable bonds is 2. The van der Waals surface area contributed by atoms with Crippen LogP contribution >= 0.6 is 0 Å². The van der Waals surface area contributed by atoms with Crippen LogP contribution in [0.3, 0.4) is 0 Å². The molecule has 0 atom stereocenters. The molecule has 1 N–H and O–H groups in total. The third-order valence-electron chi connectivity index (χ3n) is 2.80. The molecule has 1 fully saturated rings. The van der Waals surface area contributed by atoms with Gasteiger partial charge in [0, 0.05) is 5.92 Å². The van der Waals surface area contributed by atoms with E-state index in [0.717, 1.165) is 24.4 Å². The highest BCUT2D eigenvalue weighted by molar-refractivity contribution is 5.93. The first-order chi connectivity index (χ1) is 7.66. The van der Waals surface area contributed by atoms with Crippen LogP contribution in [-0.2, 0) is 0 Å². The van der Waals surface area contributed by atoms with E-state index in [-0.39, 0.29) is 5.69 Å². The first kappa shape index (κ1) is 9.33. The van der Waals surface area contributed by atoms with E-state index in [1.807, 2.05) is 6.92 Å². The zero-order valence-electron chi connectivity index (χ0n) is 8.84.